The first-order valence-electron chi connectivity index (χ1n) is 7.89. The predicted molar refractivity (Wildman–Crippen MR) is 89.6 cm³/mol. The minimum Gasteiger partial charge on any atom is -0.492 e. The first kappa shape index (κ1) is 16.6. The second-order valence-corrected chi connectivity index (χ2v) is 5.92. The molecule has 5 heteroatoms. The van der Waals surface area contributed by atoms with Gasteiger partial charge in [0.15, 0.2) is 5.96 Å². The number of guanidine groups is 1. The molecule has 122 valence electrons. The lowest BCUT2D eigenvalue weighted by Gasteiger charge is -2.24. The van der Waals surface area contributed by atoms with Gasteiger partial charge in [0.1, 0.15) is 12.4 Å². The van der Waals surface area contributed by atoms with Crippen molar-refractivity contribution < 1.29 is 9.47 Å². The largest absolute Gasteiger partial charge is 0.492 e. The van der Waals surface area contributed by atoms with Crippen molar-refractivity contribution in [1.29, 1.82) is 0 Å². The minimum absolute atomic E-state index is 0.0734. The van der Waals surface area contributed by atoms with E-state index in [1.54, 1.807) is 7.05 Å². The van der Waals surface area contributed by atoms with Gasteiger partial charge in [0.25, 0.3) is 0 Å². The van der Waals surface area contributed by atoms with Gasteiger partial charge in [-0.2, -0.15) is 0 Å². The molecular weight excluding hydrogens is 278 g/mol. The molecule has 1 fully saturated rings. The Hall–Kier alpha value is -1.75. The van der Waals surface area contributed by atoms with E-state index in [0.29, 0.717) is 13.2 Å². The monoisotopic (exact) mass is 305 g/mol. The maximum absolute atomic E-state index is 5.76. The third-order valence-electron chi connectivity index (χ3n) is 3.84. The Labute approximate surface area is 133 Å². The van der Waals surface area contributed by atoms with Gasteiger partial charge in [-0.15, -0.1) is 0 Å². The molecule has 0 spiro atoms. The Morgan fingerprint density at radius 3 is 2.73 bits per heavy atom. The number of nitrogens with zero attached hydrogens (tertiary/aromatic N) is 1. The van der Waals surface area contributed by atoms with E-state index in [-0.39, 0.29) is 5.60 Å². The standard InChI is InChI=1S/C17H27N3O2/c1-14-5-7-15(8-6-14)21-12-10-19-16(18-3)20-13-17(2)9-4-11-22-17/h5-8H,4,9-13H2,1-3H3,(H2,18,19,20). The predicted octanol–water partition coefficient (Wildman–Crippen LogP) is 2.11. The summed E-state index contributed by atoms with van der Waals surface area (Å²) >= 11 is 0. The Morgan fingerprint density at radius 2 is 2.09 bits per heavy atom. The molecule has 0 aromatic heterocycles. The van der Waals surface area contributed by atoms with Crippen LogP contribution in [0.3, 0.4) is 0 Å². The van der Waals surface area contributed by atoms with Crippen LogP contribution in [0.2, 0.25) is 0 Å². The van der Waals surface area contributed by atoms with Crippen molar-refractivity contribution in [2.45, 2.75) is 32.3 Å². The van der Waals surface area contributed by atoms with Gasteiger partial charge in [-0.3, -0.25) is 4.99 Å². The van der Waals surface area contributed by atoms with Crippen molar-refractivity contribution in [2.24, 2.45) is 4.99 Å². The molecule has 0 bridgehead atoms. The van der Waals surface area contributed by atoms with E-state index in [1.807, 2.05) is 24.3 Å². The molecule has 2 N–H and O–H groups in total. The molecule has 1 aliphatic heterocycles. The molecule has 1 atom stereocenters. The summed E-state index contributed by atoms with van der Waals surface area (Å²) in [6.07, 6.45) is 2.22. The van der Waals surface area contributed by atoms with Crippen LogP contribution in [-0.2, 0) is 4.74 Å². The lowest BCUT2D eigenvalue weighted by atomic mass is 10.0. The lowest BCUT2D eigenvalue weighted by Crippen LogP contribution is -2.46. The number of ether oxygens (including phenoxy) is 2. The fourth-order valence-corrected chi connectivity index (χ4v) is 2.44. The van der Waals surface area contributed by atoms with E-state index >= 15 is 0 Å². The van der Waals surface area contributed by atoms with Gasteiger partial charge in [0, 0.05) is 20.2 Å². The molecule has 1 unspecified atom stereocenters. The normalized spacial score (nSPS) is 21.7. The molecule has 22 heavy (non-hydrogen) atoms. The van der Waals surface area contributed by atoms with Crippen molar-refractivity contribution in [1.82, 2.24) is 10.6 Å². The van der Waals surface area contributed by atoms with Crippen LogP contribution in [0.4, 0.5) is 0 Å². The summed E-state index contributed by atoms with van der Waals surface area (Å²) < 4.78 is 11.4. The number of rotatable bonds is 6. The zero-order chi connectivity index (χ0) is 15.8. The quantitative estimate of drug-likeness (QED) is 0.480. The third kappa shape index (κ3) is 5.22. The van der Waals surface area contributed by atoms with E-state index < -0.39 is 0 Å². The van der Waals surface area contributed by atoms with E-state index in [0.717, 1.165) is 37.7 Å². The summed E-state index contributed by atoms with van der Waals surface area (Å²) in [6.45, 7) is 7.12. The van der Waals surface area contributed by atoms with Crippen LogP contribution < -0.4 is 15.4 Å². The molecular formula is C17H27N3O2. The van der Waals surface area contributed by atoms with E-state index in [4.69, 9.17) is 9.47 Å². The highest BCUT2D eigenvalue weighted by Gasteiger charge is 2.29. The van der Waals surface area contributed by atoms with Crippen LogP contribution in [0.15, 0.2) is 29.3 Å². The van der Waals surface area contributed by atoms with Crippen LogP contribution in [0.1, 0.15) is 25.3 Å². The van der Waals surface area contributed by atoms with E-state index in [9.17, 15) is 0 Å². The highest BCUT2D eigenvalue weighted by atomic mass is 16.5. The molecule has 1 heterocycles. The summed E-state index contributed by atoms with van der Waals surface area (Å²) in [4.78, 5) is 4.22. The Balaban J connectivity index is 1.65. The highest BCUT2D eigenvalue weighted by molar-refractivity contribution is 5.79. The van der Waals surface area contributed by atoms with Gasteiger partial charge in [0.2, 0.25) is 0 Å². The van der Waals surface area contributed by atoms with Gasteiger partial charge in [-0.05, 0) is 38.8 Å². The SMILES string of the molecule is CN=C(NCCOc1ccc(C)cc1)NCC1(C)CCCO1. The first-order valence-corrected chi connectivity index (χ1v) is 7.89. The third-order valence-corrected chi connectivity index (χ3v) is 3.84. The Kier molecular flexibility index (Phi) is 6.07. The summed E-state index contributed by atoms with van der Waals surface area (Å²) in [5, 5.41) is 6.57. The molecule has 0 aliphatic carbocycles. The Morgan fingerprint density at radius 1 is 1.32 bits per heavy atom. The van der Waals surface area contributed by atoms with E-state index in [2.05, 4.69) is 29.5 Å². The number of benzene rings is 1. The maximum atomic E-state index is 5.76. The van der Waals surface area contributed by atoms with Crippen molar-refractivity contribution in [3.63, 3.8) is 0 Å². The van der Waals surface area contributed by atoms with Crippen molar-refractivity contribution in [3.05, 3.63) is 29.8 Å². The summed E-state index contributed by atoms with van der Waals surface area (Å²) in [5.74, 6) is 1.67. The zero-order valence-corrected chi connectivity index (χ0v) is 13.8. The van der Waals surface area contributed by atoms with Crippen LogP contribution in [0.25, 0.3) is 0 Å². The van der Waals surface area contributed by atoms with Crippen molar-refractivity contribution in [2.75, 3.05) is 33.4 Å². The van der Waals surface area contributed by atoms with Gasteiger partial charge < -0.3 is 20.1 Å². The molecule has 1 aromatic carbocycles. The number of hydrogen-bond donors (Lipinski definition) is 2. The molecule has 2 rings (SSSR count). The second-order valence-electron chi connectivity index (χ2n) is 5.92. The molecule has 1 saturated heterocycles. The first-order chi connectivity index (χ1) is 10.6. The molecule has 1 aliphatic rings. The van der Waals surface area contributed by atoms with Crippen molar-refractivity contribution >= 4 is 5.96 Å². The molecule has 0 saturated carbocycles. The van der Waals surface area contributed by atoms with Crippen LogP contribution in [0.5, 0.6) is 5.75 Å². The highest BCUT2D eigenvalue weighted by Crippen LogP contribution is 2.23. The average Bonchev–Trinajstić information content (AvgIpc) is 2.95. The van der Waals surface area contributed by atoms with E-state index in [1.165, 1.54) is 5.56 Å². The smallest absolute Gasteiger partial charge is 0.191 e. The second kappa shape index (κ2) is 8.03. The Bertz CT molecular complexity index is 479. The summed E-state index contributed by atoms with van der Waals surface area (Å²) in [6, 6.07) is 8.07. The maximum Gasteiger partial charge on any atom is 0.191 e. The van der Waals surface area contributed by atoms with Gasteiger partial charge >= 0.3 is 0 Å². The van der Waals surface area contributed by atoms with Crippen LogP contribution in [0, 0.1) is 6.92 Å². The molecule has 0 radical (unpaired) electrons. The van der Waals surface area contributed by atoms with Crippen molar-refractivity contribution in [3.8, 4) is 5.75 Å². The van der Waals surface area contributed by atoms with Gasteiger partial charge in [0.05, 0.1) is 12.1 Å². The summed E-state index contributed by atoms with van der Waals surface area (Å²) in [5.41, 5.74) is 1.16. The zero-order valence-electron chi connectivity index (χ0n) is 13.8. The fraction of sp³-hybridized carbons (Fsp3) is 0.588. The minimum atomic E-state index is -0.0734. The van der Waals surface area contributed by atoms with Gasteiger partial charge in [-0.25, -0.2) is 0 Å². The van der Waals surface area contributed by atoms with Crippen LogP contribution >= 0.6 is 0 Å². The molecule has 0 amide bonds. The molecule has 1 aromatic rings. The average molecular weight is 305 g/mol. The number of aliphatic imine (C=N–C) groups is 1. The fourth-order valence-electron chi connectivity index (χ4n) is 2.44. The number of aryl methyl sites for hydroxylation is 1. The number of hydrogen-bond acceptors (Lipinski definition) is 3. The van der Waals surface area contributed by atoms with Crippen LogP contribution in [-0.4, -0.2) is 44.9 Å². The summed E-state index contributed by atoms with van der Waals surface area (Å²) in [7, 11) is 1.77. The van der Waals surface area contributed by atoms with Gasteiger partial charge in [-0.1, -0.05) is 17.7 Å². The molecule has 5 nitrogen and oxygen atoms in total. The number of nitrogens with one attached hydrogen (secondary N) is 2. The topological polar surface area (TPSA) is 54.9 Å². The lowest BCUT2D eigenvalue weighted by molar-refractivity contribution is 0.0243.